The van der Waals surface area contributed by atoms with E-state index < -0.39 is 5.41 Å². The Morgan fingerprint density at radius 1 is 1.08 bits per heavy atom. The van der Waals surface area contributed by atoms with Gasteiger partial charge in [-0.3, -0.25) is 9.78 Å². The molecule has 25 heavy (non-hydrogen) atoms. The number of amides is 1. The number of benzene rings is 2. The van der Waals surface area contributed by atoms with Crippen molar-refractivity contribution in [1.82, 2.24) is 4.98 Å². The Morgan fingerprint density at radius 2 is 1.80 bits per heavy atom. The van der Waals surface area contributed by atoms with Gasteiger partial charge < -0.3 is 5.73 Å². The van der Waals surface area contributed by atoms with E-state index in [2.05, 4.69) is 54.4 Å². The van der Waals surface area contributed by atoms with Crippen molar-refractivity contribution in [1.29, 1.82) is 0 Å². The molecule has 1 heterocycles. The molecule has 1 amide bonds. The first-order valence-electron chi connectivity index (χ1n) is 8.57. The van der Waals surface area contributed by atoms with Gasteiger partial charge in [0, 0.05) is 17.0 Å². The van der Waals surface area contributed by atoms with Gasteiger partial charge in [0.15, 0.2) is 0 Å². The highest BCUT2D eigenvalue weighted by molar-refractivity contribution is 5.95. The molecule has 0 spiro atoms. The lowest BCUT2D eigenvalue weighted by molar-refractivity contribution is -0.126. The van der Waals surface area contributed by atoms with Crippen LogP contribution in [-0.4, -0.2) is 10.9 Å². The number of aryl methyl sites for hydroxylation is 1. The van der Waals surface area contributed by atoms with Crippen LogP contribution in [0.25, 0.3) is 22.0 Å². The summed E-state index contributed by atoms with van der Waals surface area (Å²) >= 11 is 0. The molecule has 3 aromatic rings. The fourth-order valence-corrected chi connectivity index (χ4v) is 3.17. The molecular weight excluding hydrogens is 308 g/mol. The third kappa shape index (κ3) is 3.02. The number of nitrogens with zero attached hydrogens (tertiary/aromatic N) is 1. The summed E-state index contributed by atoms with van der Waals surface area (Å²) in [5.41, 5.74) is 10.6. The van der Waals surface area contributed by atoms with Crippen molar-refractivity contribution in [3.63, 3.8) is 0 Å². The van der Waals surface area contributed by atoms with E-state index in [9.17, 15) is 4.79 Å². The first-order valence-corrected chi connectivity index (χ1v) is 8.57. The van der Waals surface area contributed by atoms with E-state index in [1.165, 1.54) is 16.7 Å². The van der Waals surface area contributed by atoms with Crippen LogP contribution in [0, 0.1) is 12.3 Å². The Kier molecular flexibility index (Phi) is 4.34. The van der Waals surface area contributed by atoms with E-state index in [1.54, 1.807) is 0 Å². The fourth-order valence-electron chi connectivity index (χ4n) is 3.17. The van der Waals surface area contributed by atoms with Gasteiger partial charge in [-0.1, -0.05) is 57.2 Å². The second-order valence-corrected chi connectivity index (χ2v) is 7.26. The molecule has 3 rings (SSSR count). The Labute approximate surface area is 148 Å². The number of carbonyl (C=O) groups excluding carboxylic acids is 1. The minimum Gasteiger partial charge on any atom is -0.369 e. The van der Waals surface area contributed by atoms with Crippen LogP contribution in [0.15, 0.2) is 54.7 Å². The second-order valence-electron chi connectivity index (χ2n) is 7.26. The standard InChI is InChI=1S/C22H24N2O/c1-14-7-5-6-8-17(14)18-11-12-24-20-13-16(9-10-19(18)20)15(2)22(3,4)21(23)25/h5-13,15H,1-4H3,(H2,23,25). The summed E-state index contributed by atoms with van der Waals surface area (Å²) in [7, 11) is 0. The molecule has 128 valence electrons. The molecule has 0 bridgehead atoms. The Morgan fingerprint density at radius 3 is 2.48 bits per heavy atom. The number of primary amides is 1. The van der Waals surface area contributed by atoms with Gasteiger partial charge in [0.1, 0.15) is 0 Å². The predicted molar refractivity (Wildman–Crippen MR) is 103 cm³/mol. The lowest BCUT2D eigenvalue weighted by Crippen LogP contribution is -2.35. The monoisotopic (exact) mass is 332 g/mol. The quantitative estimate of drug-likeness (QED) is 0.744. The van der Waals surface area contributed by atoms with E-state index in [0.29, 0.717) is 0 Å². The van der Waals surface area contributed by atoms with Crippen LogP contribution in [0.1, 0.15) is 37.8 Å². The predicted octanol–water partition coefficient (Wildman–Crippen LogP) is 4.83. The number of nitrogens with two attached hydrogens (primary N) is 1. The highest BCUT2D eigenvalue weighted by Gasteiger charge is 2.33. The molecule has 2 aromatic carbocycles. The maximum absolute atomic E-state index is 11.8. The summed E-state index contributed by atoms with van der Waals surface area (Å²) < 4.78 is 0. The average molecular weight is 332 g/mol. The van der Waals surface area contributed by atoms with Gasteiger partial charge in [-0.2, -0.15) is 0 Å². The molecule has 0 radical (unpaired) electrons. The highest BCUT2D eigenvalue weighted by atomic mass is 16.1. The number of aromatic nitrogens is 1. The molecule has 3 heteroatoms. The van der Waals surface area contributed by atoms with E-state index in [0.717, 1.165) is 16.5 Å². The molecule has 0 aliphatic carbocycles. The molecule has 0 saturated heterocycles. The number of hydrogen-bond acceptors (Lipinski definition) is 2. The SMILES string of the molecule is Cc1ccccc1-c1ccnc2cc(C(C)C(C)(C)C(N)=O)ccc12. The Hall–Kier alpha value is -2.68. The number of hydrogen-bond donors (Lipinski definition) is 1. The third-order valence-corrected chi connectivity index (χ3v) is 5.42. The molecule has 1 atom stereocenters. The molecule has 0 aliphatic rings. The van der Waals surface area contributed by atoms with Crippen LogP contribution >= 0.6 is 0 Å². The minimum absolute atomic E-state index is 0.0123. The van der Waals surface area contributed by atoms with Crippen molar-refractivity contribution in [2.75, 3.05) is 0 Å². The van der Waals surface area contributed by atoms with Crippen LogP contribution in [0.2, 0.25) is 0 Å². The van der Waals surface area contributed by atoms with Gasteiger partial charge in [0.2, 0.25) is 5.91 Å². The summed E-state index contributed by atoms with van der Waals surface area (Å²) in [6.07, 6.45) is 1.85. The summed E-state index contributed by atoms with van der Waals surface area (Å²) in [6.45, 7) is 7.94. The van der Waals surface area contributed by atoms with E-state index in [4.69, 9.17) is 5.73 Å². The zero-order valence-corrected chi connectivity index (χ0v) is 15.2. The summed E-state index contributed by atoms with van der Waals surface area (Å²) in [6, 6.07) is 16.7. The number of carbonyl (C=O) groups is 1. The van der Waals surface area contributed by atoms with Crippen molar-refractivity contribution in [3.05, 3.63) is 65.9 Å². The van der Waals surface area contributed by atoms with E-state index in [1.807, 2.05) is 33.0 Å². The molecule has 2 N–H and O–H groups in total. The van der Waals surface area contributed by atoms with Gasteiger partial charge >= 0.3 is 0 Å². The summed E-state index contributed by atoms with van der Waals surface area (Å²) in [5.74, 6) is -0.278. The maximum Gasteiger partial charge on any atom is 0.223 e. The zero-order chi connectivity index (χ0) is 18.2. The van der Waals surface area contributed by atoms with Crippen molar-refractivity contribution >= 4 is 16.8 Å². The molecular formula is C22H24N2O. The Bertz CT molecular complexity index is 944. The van der Waals surface area contributed by atoms with Gasteiger partial charge in [0.05, 0.1) is 5.52 Å². The van der Waals surface area contributed by atoms with Crippen molar-refractivity contribution in [2.45, 2.75) is 33.6 Å². The first-order chi connectivity index (χ1) is 11.8. The van der Waals surface area contributed by atoms with Crippen molar-refractivity contribution < 1.29 is 4.79 Å². The van der Waals surface area contributed by atoms with Crippen molar-refractivity contribution in [2.24, 2.45) is 11.1 Å². The third-order valence-electron chi connectivity index (χ3n) is 5.42. The minimum atomic E-state index is -0.610. The number of fused-ring (bicyclic) bond motifs is 1. The molecule has 3 nitrogen and oxygen atoms in total. The molecule has 1 unspecified atom stereocenters. The van der Waals surface area contributed by atoms with Crippen molar-refractivity contribution in [3.8, 4) is 11.1 Å². The average Bonchev–Trinajstić information content (AvgIpc) is 2.60. The molecule has 0 saturated carbocycles. The first kappa shape index (κ1) is 17.2. The molecule has 0 aliphatic heterocycles. The Balaban J connectivity index is 2.13. The van der Waals surface area contributed by atoms with Gasteiger partial charge in [0.25, 0.3) is 0 Å². The lowest BCUT2D eigenvalue weighted by Gasteiger charge is -2.29. The largest absolute Gasteiger partial charge is 0.369 e. The van der Waals surface area contributed by atoms with E-state index >= 15 is 0 Å². The smallest absolute Gasteiger partial charge is 0.223 e. The van der Waals surface area contributed by atoms with Gasteiger partial charge in [-0.05, 0) is 47.2 Å². The normalized spacial score (nSPS) is 13.0. The lowest BCUT2D eigenvalue weighted by atomic mass is 9.75. The maximum atomic E-state index is 11.8. The van der Waals surface area contributed by atoms with Crippen LogP contribution < -0.4 is 5.73 Å². The molecule has 1 aromatic heterocycles. The topological polar surface area (TPSA) is 56.0 Å². The van der Waals surface area contributed by atoms with Gasteiger partial charge in [-0.15, -0.1) is 0 Å². The summed E-state index contributed by atoms with van der Waals surface area (Å²) in [4.78, 5) is 16.3. The molecule has 0 fully saturated rings. The number of pyridine rings is 1. The van der Waals surface area contributed by atoms with Gasteiger partial charge in [-0.25, -0.2) is 0 Å². The number of rotatable bonds is 4. The fraction of sp³-hybridized carbons (Fsp3) is 0.273. The van der Waals surface area contributed by atoms with Crippen LogP contribution in [-0.2, 0) is 4.79 Å². The van der Waals surface area contributed by atoms with Crippen LogP contribution in [0.5, 0.6) is 0 Å². The highest BCUT2D eigenvalue weighted by Crippen LogP contribution is 2.37. The summed E-state index contributed by atoms with van der Waals surface area (Å²) in [5, 5.41) is 1.12. The van der Waals surface area contributed by atoms with Crippen LogP contribution in [0.4, 0.5) is 0 Å². The second kappa shape index (κ2) is 6.32. The van der Waals surface area contributed by atoms with Crippen LogP contribution in [0.3, 0.4) is 0 Å². The van der Waals surface area contributed by atoms with E-state index in [-0.39, 0.29) is 11.8 Å². The zero-order valence-electron chi connectivity index (χ0n) is 15.2.